The van der Waals surface area contributed by atoms with Crippen LogP contribution in [-0.4, -0.2) is 41.9 Å². The molecule has 2 aliphatic rings. The Labute approximate surface area is 134 Å². The molecule has 2 atom stereocenters. The first-order chi connectivity index (χ1) is 10.6. The predicted octanol–water partition coefficient (Wildman–Crippen LogP) is 2.19. The molecule has 1 saturated carbocycles. The molecule has 120 valence electrons. The van der Waals surface area contributed by atoms with E-state index < -0.39 is 5.97 Å². The number of esters is 1. The summed E-state index contributed by atoms with van der Waals surface area (Å²) in [4.78, 5) is 23.3. The van der Waals surface area contributed by atoms with Crippen LogP contribution in [0.25, 0.3) is 0 Å². The molecule has 1 aliphatic carbocycles. The summed E-state index contributed by atoms with van der Waals surface area (Å²) in [5.74, 6) is 1.82. The standard InChI is InChI=1S/C15H22N4O2S/c1-3-21-14(20)11-12(16)17-15(22-2)18-13(11)19-7-9-4-5-10(6-9)8-19/h9-10H,3-8H2,1-2H3,(H2,16,17,18). The lowest BCUT2D eigenvalue weighted by Crippen LogP contribution is -2.38. The van der Waals surface area contributed by atoms with Crippen molar-refractivity contribution in [3.63, 3.8) is 0 Å². The fourth-order valence-electron chi connectivity index (χ4n) is 3.55. The Bertz CT molecular complexity index is 569. The molecule has 1 saturated heterocycles. The van der Waals surface area contributed by atoms with Gasteiger partial charge in [0.05, 0.1) is 6.61 Å². The van der Waals surface area contributed by atoms with Gasteiger partial charge in [0.2, 0.25) is 0 Å². The topological polar surface area (TPSA) is 81.3 Å². The van der Waals surface area contributed by atoms with E-state index in [-0.39, 0.29) is 5.82 Å². The maximum Gasteiger partial charge on any atom is 0.345 e. The molecule has 6 nitrogen and oxygen atoms in total. The lowest BCUT2D eigenvalue weighted by atomic mass is 9.98. The van der Waals surface area contributed by atoms with Gasteiger partial charge in [0.1, 0.15) is 17.2 Å². The van der Waals surface area contributed by atoms with Crippen molar-refractivity contribution in [2.45, 2.75) is 31.3 Å². The molecular weight excluding hydrogens is 300 g/mol. The van der Waals surface area contributed by atoms with E-state index in [1.807, 2.05) is 6.26 Å². The van der Waals surface area contributed by atoms with E-state index in [1.165, 1.54) is 31.0 Å². The molecule has 7 heteroatoms. The molecule has 0 amide bonds. The summed E-state index contributed by atoms with van der Waals surface area (Å²) < 4.78 is 5.15. The molecule has 2 bridgehead atoms. The Kier molecular flexibility index (Phi) is 4.42. The van der Waals surface area contributed by atoms with Crippen molar-refractivity contribution < 1.29 is 9.53 Å². The summed E-state index contributed by atoms with van der Waals surface area (Å²) >= 11 is 1.43. The van der Waals surface area contributed by atoms with Crippen molar-refractivity contribution >= 4 is 29.4 Å². The molecule has 0 spiro atoms. The fourth-order valence-corrected chi connectivity index (χ4v) is 3.91. The Balaban J connectivity index is 2.00. The van der Waals surface area contributed by atoms with Gasteiger partial charge in [0, 0.05) is 13.1 Å². The predicted molar refractivity (Wildman–Crippen MR) is 87.2 cm³/mol. The van der Waals surface area contributed by atoms with Gasteiger partial charge in [0.25, 0.3) is 0 Å². The van der Waals surface area contributed by atoms with Crippen LogP contribution in [0.4, 0.5) is 11.6 Å². The van der Waals surface area contributed by atoms with Crippen molar-refractivity contribution in [1.82, 2.24) is 9.97 Å². The van der Waals surface area contributed by atoms with E-state index in [2.05, 4.69) is 14.9 Å². The number of carbonyl (C=O) groups excluding carboxylic acids is 1. The van der Waals surface area contributed by atoms with Gasteiger partial charge >= 0.3 is 5.97 Å². The molecule has 0 radical (unpaired) electrons. The van der Waals surface area contributed by atoms with Crippen LogP contribution in [0.1, 0.15) is 36.5 Å². The summed E-state index contributed by atoms with van der Waals surface area (Å²) in [5.41, 5.74) is 6.35. The number of nitrogens with two attached hydrogens (primary N) is 1. The number of aromatic nitrogens is 2. The third-order valence-electron chi connectivity index (χ3n) is 4.47. The van der Waals surface area contributed by atoms with Gasteiger partial charge in [-0.2, -0.15) is 0 Å². The Morgan fingerprint density at radius 2 is 2.05 bits per heavy atom. The molecule has 1 aliphatic heterocycles. The molecule has 0 aromatic carbocycles. The van der Waals surface area contributed by atoms with Crippen molar-refractivity contribution in [2.24, 2.45) is 11.8 Å². The van der Waals surface area contributed by atoms with E-state index in [1.54, 1.807) is 6.92 Å². The molecule has 1 aromatic rings. The maximum absolute atomic E-state index is 12.3. The van der Waals surface area contributed by atoms with E-state index in [9.17, 15) is 4.79 Å². The molecule has 3 rings (SSSR count). The van der Waals surface area contributed by atoms with Crippen LogP contribution < -0.4 is 10.6 Å². The monoisotopic (exact) mass is 322 g/mol. The highest BCUT2D eigenvalue weighted by Gasteiger charge is 2.36. The first kappa shape index (κ1) is 15.4. The zero-order valence-corrected chi connectivity index (χ0v) is 13.9. The van der Waals surface area contributed by atoms with Gasteiger partial charge in [-0.05, 0) is 44.3 Å². The van der Waals surface area contributed by atoms with E-state index in [0.717, 1.165) is 13.1 Å². The smallest absolute Gasteiger partial charge is 0.345 e. The number of hydrogen-bond donors (Lipinski definition) is 1. The van der Waals surface area contributed by atoms with Crippen LogP contribution in [0, 0.1) is 11.8 Å². The molecule has 2 unspecified atom stereocenters. The van der Waals surface area contributed by atoms with Crippen molar-refractivity contribution in [3.8, 4) is 0 Å². The van der Waals surface area contributed by atoms with Crippen molar-refractivity contribution in [3.05, 3.63) is 5.56 Å². The molecule has 2 heterocycles. The number of anilines is 2. The quantitative estimate of drug-likeness (QED) is 0.517. The van der Waals surface area contributed by atoms with Crippen LogP contribution in [0.3, 0.4) is 0 Å². The number of nitrogens with zero attached hydrogens (tertiary/aromatic N) is 3. The van der Waals surface area contributed by atoms with E-state index in [0.29, 0.717) is 35.0 Å². The van der Waals surface area contributed by atoms with E-state index >= 15 is 0 Å². The van der Waals surface area contributed by atoms with Crippen molar-refractivity contribution in [2.75, 3.05) is 36.6 Å². The number of rotatable bonds is 4. The number of thioether (sulfide) groups is 1. The third kappa shape index (κ3) is 2.86. The number of hydrogen-bond acceptors (Lipinski definition) is 7. The minimum absolute atomic E-state index is 0.214. The first-order valence-corrected chi connectivity index (χ1v) is 8.98. The minimum atomic E-state index is -0.430. The molecule has 2 fully saturated rings. The maximum atomic E-state index is 12.3. The van der Waals surface area contributed by atoms with Gasteiger partial charge < -0.3 is 15.4 Å². The summed E-state index contributed by atoms with van der Waals surface area (Å²) in [6, 6.07) is 0. The number of nitrogen functional groups attached to an aromatic ring is 1. The number of ether oxygens (including phenoxy) is 1. The summed E-state index contributed by atoms with van der Waals surface area (Å²) in [5, 5.41) is 0.596. The number of carbonyl (C=O) groups is 1. The molecule has 2 N–H and O–H groups in total. The van der Waals surface area contributed by atoms with Gasteiger partial charge in [-0.1, -0.05) is 11.8 Å². The zero-order valence-electron chi connectivity index (χ0n) is 13.0. The summed E-state index contributed by atoms with van der Waals surface area (Å²) in [6.45, 7) is 3.97. The number of piperidine rings is 1. The van der Waals surface area contributed by atoms with Gasteiger partial charge in [-0.3, -0.25) is 0 Å². The second kappa shape index (κ2) is 6.32. The van der Waals surface area contributed by atoms with Gasteiger partial charge in [-0.25, -0.2) is 14.8 Å². The van der Waals surface area contributed by atoms with Crippen LogP contribution in [0.5, 0.6) is 0 Å². The molecule has 22 heavy (non-hydrogen) atoms. The van der Waals surface area contributed by atoms with Crippen LogP contribution in [-0.2, 0) is 4.74 Å². The molecule has 1 aromatic heterocycles. The lowest BCUT2D eigenvalue weighted by molar-refractivity contribution is 0.0527. The average molecular weight is 322 g/mol. The highest BCUT2D eigenvalue weighted by atomic mass is 32.2. The Hall–Kier alpha value is -1.50. The second-order valence-electron chi connectivity index (χ2n) is 5.96. The highest BCUT2D eigenvalue weighted by molar-refractivity contribution is 7.98. The largest absolute Gasteiger partial charge is 0.462 e. The Morgan fingerprint density at radius 1 is 1.36 bits per heavy atom. The lowest BCUT2D eigenvalue weighted by Gasteiger charge is -2.33. The average Bonchev–Trinajstić information content (AvgIpc) is 2.84. The Morgan fingerprint density at radius 3 is 2.64 bits per heavy atom. The summed E-state index contributed by atoms with van der Waals surface area (Å²) in [7, 11) is 0. The number of fused-ring (bicyclic) bond motifs is 2. The minimum Gasteiger partial charge on any atom is -0.462 e. The van der Waals surface area contributed by atoms with Gasteiger partial charge in [-0.15, -0.1) is 0 Å². The SMILES string of the molecule is CCOC(=O)c1c(N)nc(SC)nc1N1CC2CCC(C2)C1. The van der Waals surface area contributed by atoms with Crippen LogP contribution in [0.2, 0.25) is 0 Å². The van der Waals surface area contributed by atoms with Crippen LogP contribution in [0.15, 0.2) is 5.16 Å². The van der Waals surface area contributed by atoms with Gasteiger partial charge in [0.15, 0.2) is 5.16 Å². The van der Waals surface area contributed by atoms with Crippen LogP contribution >= 0.6 is 11.8 Å². The van der Waals surface area contributed by atoms with Crippen molar-refractivity contribution in [1.29, 1.82) is 0 Å². The first-order valence-electron chi connectivity index (χ1n) is 7.76. The second-order valence-corrected chi connectivity index (χ2v) is 6.74. The summed E-state index contributed by atoms with van der Waals surface area (Å²) in [6.07, 6.45) is 5.74. The molecular formula is C15H22N4O2S. The third-order valence-corrected chi connectivity index (χ3v) is 5.01. The normalized spacial score (nSPS) is 23.6. The highest BCUT2D eigenvalue weighted by Crippen LogP contribution is 2.39. The van der Waals surface area contributed by atoms with E-state index in [4.69, 9.17) is 10.5 Å². The zero-order chi connectivity index (χ0) is 15.7. The fraction of sp³-hybridized carbons (Fsp3) is 0.667.